The second-order valence-electron chi connectivity index (χ2n) is 2.02. The highest BCUT2D eigenvalue weighted by molar-refractivity contribution is 5.47. The number of hydrogen-bond acceptors (Lipinski definition) is 3. The first kappa shape index (κ1) is 6.03. The van der Waals surface area contributed by atoms with Crippen LogP contribution in [-0.2, 0) is 4.74 Å². The molecule has 0 bridgehead atoms. The summed E-state index contributed by atoms with van der Waals surface area (Å²) in [4.78, 5) is 10.9. The quantitative estimate of drug-likeness (QED) is 0.552. The van der Waals surface area contributed by atoms with Crippen LogP contribution >= 0.6 is 0 Å². The molecule has 1 aromatic heterocycles. The number of oxazole rings is 1. The first-order valence-corrected chi connectivity index (χ1v) is 3.06. The highest BCUT2D eigenvalue weighted by Crippen LogP contribution is 2.04. The van der Waals surface area contributed by atoms with E-state index in [4.69, 9.17) is 4.74 Å². The maximum Gasteiger partial charge on any atom is 0.423 e. The molecule has 11 heavy (non-hydrogen) atoms. The van der Waals surface area contributed by atoms with Gasteiger partial charge >= 0.3 is 5.76 Å². The maximum absolute atomic E-state index is 10.9. The lowest BCUT2D eigenvalue weighted by molar-refractivity contribution is 0.409. The van der Waals surface area contributed by atoms with Crippen LogP contribution in [0.2, 0.25) is 0 Å². The molecule has 1 aliphatic rings. The van der Waals surface area contributed by atoms with Crippen LogP contribution in [0, 0.1) is 0 Å². The second-order valence-corrected chi connectivity index (χ2v) is 2.02. The van der Waals surface area contributed by atoms with Crippen molar-refractivity contribution in [2.24, 2.45) is 0 Å². The molecule has 2 rings (SSSR count). The third-order valence-corrected chi connectivity index (χ3v) is 1.36. The first-order chi connectivity index (χ1) is 5.38. The van der Waals surface area contributed by atoms with Gasteiger partial charge in [-0.15, -0.1) is 0 Å². The van der Waals surface area contributed by atoms with Gasteiger partial charge in [0, 0.05) is 6.08 Å². The van der Waals surface area contributed by atoms with Gasteiger partial charge in [0.2, 0.25) is 0 Å². The number of fused-ring (bicyclic) bond motifs is 1. The molecule has 0 saturated carbocycles. The molecule has 4 nitrogen and oxygen atoms in total. The van der Waals surface area contributed by atoms with E-state index in [0.717, 1.165) is 0 Å². The highest BCUT2D eigenvalue weighted by atomic mass is 16.5. The Balaban J connectivity index is 2.70. The van der Waals surface area contributed by atoms with E-state index in [1.807, 2.05) is 0 Å². The molecule has 0 atom stereocenters. The molecule has 4 heteroatoms. The van der Waals surface area contributed by atoms with Crippen molar-refractivity contribution in [3.63, 3.8) is 0 Å². The molecule has 1 aliphatic heterocycles. The minimum Gasteiger partial charge on any atom is -0.471 e. The van der Waals surface area contributed by atoms with E-state index in [1.54, 1.807) is 6.08 Å². The van der Waals surface area contributed by atoms with Crippen LogP contribution in [0.4, 0.5) is 0 Å². The summed E-state index contributed by atoms with van der Waals surface area (Å²) in [5.41, 5.74) is 0.670. The van der Waals surface area contributed by atoms with Crippen LogP contribution in [0.5, 0.6) is 0 Å². The van der Waals surface area contributed by atoms with E-state index in [9.17, 15) is 4.79 Å². The molecule has 0 amide bonds. The number of aromatic nitrogens is 1. The highest BCUT2D eigenvalue weighted by Gasteiger charge is 2.03. The first-order valence-electron chi connectivity index (χ1n) is 3.06. The van der Waals surface area contributed by atoms with Crippen LogP contribution < -0.4 is 5.76 Å². The Morgan fingerprint density at radius 2 is 2.27 bits per heavy atom. The molecule has 0 radical (unpaired) electrons. The minimum absolute atomic E-state index is 0.411. The Kier molecular flexibility index (Phi) is 1.18. The SMILES string of the molecule is O=c1occ2n1C=COC=C2. The average molecular weight is 151 g/mol. The fourth-order valence-corrected chi connectivity index (χ4v) is 0.847. The summed E-state index contributed by atoms with van der Waals surface area (Å²) < 4.78 is 10.8. The monoisotopic (exact) mass is 151 g/mol. The van der Waals surface area contributed by atoms with Crippen LogP contribution in [0.25, 0.3) is 12.3 Å². The van der Waals surface area contributed by atoms with Gasteiger partial charge in [0.15, 0.2) is 0 Å². The van der Waals surface area contributed by atoms with Crippen molar-refractivity contribution in [1.82, 2.24) is 4.57 Å². The van der Waals surface area contributed by atoms with Gasteiger partial charge in [0.1, 0.15) is 12.5 Å². The van der Waals surface area contributed by atoms with Crippen molar-refractivity contribution < 1.29 is 9.15 Å². The third-order valence-electron chi connectivity index (χ3n) is 1.36. The molecule has 0 aromatic carbocycles. The summed E-state index contributed by atoms with van der Waals surface area (Å²) >= 11 is 0. The zero-order valence-corrected chi connectivity index (χ0v) is 5.56. The van der Waals surface area contributed by atoms with E-state index in [2.05, 4.69) is 4.42 Å². The van der Waals surface area contributed by atoms with Gasteiger partial charge in [0.25, 0.3) is 0 Å². The second kappa shape index (κ2) is 2.16. The van der Waals surface area contributed by atoms with E-state index >= 15 is 0 Å². The van der Waals surface area contributed by atoms with Crippen LogP contribution in [-0.4, -0.2) is 4.57 Å². The zero-order chi connectivity index (χ0) is 7.68. The summed E-state index contributed by atoms with van der Waals surface area (Å²) in [6, 6.07) is 0. The van der Waals surface area contributed by atoms with Gasteiger partial charge < -0.3 is 9.15 Å². The maximum atomic E-state index is 10.9. The summed E-state index contributed by atoms with van der Waals surface area (Å²) in [7, 11) is 0. The summed E-state index contributed by atoms with van der Waals surface area (Å²) in [5.74, 6) is -0.411. The molecular weight excluding hydrogens is 146 g/mol. The lowest BCUT2D eigenvalue weighted by Crippen LogP contribution is -2.08. The number of ether oxygens (including phenoxy) is 1. The van der Waals surface area contributed by atoms with Gasteiger partial charge in [-0.3, -0.25) is 0 Å². The summed E-state index contributed by atoms with van der Waals surface area (Å²) in [6.45, 7) is 0. The average Bonchev–Trinajstić information content (AvgIpc) is 2.25. The molecular formula is C7H5NO3. The van der Waals surface area contributed by atoms with Gasteiger partial charge in [-0.2, -0.15) is 0 Å². The van der Waals surface area contributed by atoms with Crippen molar-refractivity contribution in [2.75, 3.05) is 0 Å². The van der Waals surface area contributed by atoms with Gasteiger partial charge in [-0.25, -0.2) is 9.36 Å². The normalized spacial score (nSPS) is 13.8. The Hall–Kier alpha value is -1.71. The van der Waals surface area contributed by atoms with Crippen molar-refractivity contribution in [3.8, 4) is 0 Å². The minimum atomic E-state index is -0.411. The van der Waals surface area contributed by atoms with Crippen LogP contribution in [0.3, 0.4) is 0 Å². The number of rotatable bonds is 0. The van der Waals surface area contributed by atoms with E-state index in [-0.39, 0.29) is 0 Å². The molecule has 56 valence electrons. The molecule has 0 fully saturated rings. The molecule has 0 unspecified atom stereocenters. The Morgan fingerprint density at radius 3 is 3.18 bits per heavy atom. The lowest BCUT2D eigenvalue weighted by atomic mass is 10.5. The largest absolute Gasteiger partial charge is 0.471 e. The Bertz CT molecular complexity index is 369. The smallest absolute Gasteiger partial charge is 0.423 e. The Morgan fingerprint density at radius 1 is 1.36 bits per heavy atom. The summed E-state index contributed by atoms with van der Waals surface area (Å²) in [6.07, 6.45) is 7.40. The fourth-order valence-electron chi connectivity index (χ4n) is 0.847. The predicted octanol–water partition coefficient (Wildman–Crippen LogP) is 0.870. The number of hydrogen-bond donors (Lipinski definition) is 0. The number of nitrogens with zero attached hydrogens (tertiary/aromatic N) is 1. The molecule has 0 saturated heterocycles. The van der Waals surface area contributed by atoms with Gasteiger partial charge in [-0.1, -0.05) is 0 Å². The van der Waals surface area contributed by atoms with E-state index < -0.39 is 5.76 Å². The molecule has 2 heterocycles. The lowest BCUT2D eigenvalue weighted by Gasteiger charge is -1.86. The third kappa shape index (κ3) is 0.881. The molecule has 1 aromatic rings. The fraction of sp³-hybridized carbons (Fsp3) is 0. The van der Waals surface area contributed by atoms with E-state index in [1.165, 1.54) is 29.6 Å². The molecule has 0 aliphatic carbocycles. The van der Waals surface area contributed by atoms with Gasteiger partial charge in [0.05, 0.1) is 18.2 Å². The zero-order valence-electron chi connectivity index (χ0n) is 5.56. The topological polar surface area (TPSA) is 44.4 Å². The molecule has 0 spiro atoms. The van der Waals surface area contributed by atoms with Crippen molar-refractivity contribution in [3.05, 3.63) is 35.0 Å². The summed E-state index contributed by atoms with van der Waals surface area (Å²) in [5, 5.41) is 0. The predicted molar refractivity (Wildman–Crippen MR) is 38.4 cm³/mol. The standard InChI is InChI=1S/C7H5NO3/c9-7-8-2-4-10-3-1-6(8)5-11-7/h1-5H. The van der Waals surface area contributed by atoms with Crippen LogP contribution in [0.15, 0.2) is 28.0 Å². The van der Waals surface area contributed by atoms with Gasteiger partial charge in [-0.05, 0) is 0 Å². The van der Waals surface area contributed by atoms with Crippen LogP contribution in [0.1, 0.15) is 5.69 Å². The van der Waals surface area contributed by atoms with Crippen molar-refractivity contribution in [2.45, 2.75) is 0 Å². The van der Waals surface area contributed by atoms with E-state index in [0.29, 0.717) is 5.69 Å². The Labute approximate surface area is 62.0 Å². The molecule has 0 N–H and O–H groups in total. The van der Waals surface area contributed by atoms with Crippen molar-refractivity contribution in [1.29, 1.82) is 0 Å². The van der Waals surface area contributed by atoms with Crippen molar-refractivity contribution >= 4 is 12.3 Å².